The van der Waals surface area contributed by atoms with Crippen molar-refractivity contribution in [3.63, 3.8) is 0 Å². The number of aryl methyl sites for hydroxylation is 1. The van der Waals surface area contributed by atoms with Crippen LogP contribution in [-0.2, 0) is 12.6 Å². The molecule has 1 aliphatic heterocycles. The molecule has 28 heavy (non-hydrogen) atoms. The predicted molar refractivity (Wildman–Crippen MR) is 98.8 cm³/mol. The van der Waals surface area contributed by atoms with Crippen LogP contribution in [0.5, 0.6) is 5.75 Å². The zero-order chi connectivity index (χ0) is 20.5. The number of nitriles is 1. The molecular weight excluding hydrogens is 367 g/mol. The smallest absolute Gasteiger partial charge is 0.416 e. The number of benzene rings is 2. The molecular formula is C22H18F3NO2. The minimum Gasteiger partial charge on any atom is -0.488 e. The summed E-state index contributed by atoms with van der Waals surface area (Å²) in [6, 6.07) is 11.2. The summed E-state index contributed by atoms with van der Waals surface area (Å²) in [6.07, 6.45) is -1.53. The molecule has 0 radical (unpaired) electrons. The van der Waals surface area contributed by atoms with Crippen molar-refractivity contribution in [1.29, 1.82) is 5.26 Å². The summed E-state index contributed by atoms with van der Waals surface area (Å²) in [6.45, 7) is 4.01. The fourth-order valence-electron chi connectivity index (χ4n) is 3.08. The van der Waals surface area contributed by atoms with Gasteiger partial charge in [0.05, 0.1) is 5.56 Å². The number of carbonyl (C=O) groups excluding carboxylic acids is 1. The second kappa shape index (κ2) is 7.16. The van der Waals surface area contributed by atoms with Crippen LogP contribution in [0.2, 0.25) is 0 Å². The largest absolute Gasteiger partial charge is 0.488 e. The first-order valence-corrected chi connectivity index (χ1v) is 8.75. The quantitative estimate of drug-likeness (QED) is 0.393. The van der Waals surface area contributed by atoms with E-state index >= 15 is 0 Å². The molecule has 0 saturated carbocycles. The highest BCUT2D eigenvalue weighted by Gasteiger charge is 2.31. The standard InChI is InChI=1S/C22H18F3NO2/c1-21(2)9-8-15-10-14(6-7-19(15)28-21)11-17(13-26)20(27)16-4-3-5-18(12-16)22(23,24)25/h3-7,10-12H,8-9H2,1-2H3/b17-11-. The number of Topliss-reactive ketones (excluding diaryl/α,β-unsaturated/α-hetero) is 1. The number of allylic oxidation sites excluding steroid dienone is 1. The number of alkyl halides is 3. The van der Waals surface area contributed by atoms with Crippen molar-refractivity contribution in [3.05, 3.63) is 70.3 Å². The molecule has 0 fully saturated rings. The lowest BCUT2D eigenvalue weighted by molar-refractivity contribution is -0.137. The third kappa shape index (κ3) is 4.25. The van der Waals surface area contributed by atoms with Gasteiger partial charge < -0.3 is 4.74 Å². The van der Waals surface area contributed by atoms with Crippen molar-refractivity contribution in [2.75, 3.05) is 0 Å². The molecule has 0 aromatic heterocycles. The van der Waals surface area contributed by atoms with Crippen LogP contribution in [0.3, 0.4) is 0 Å². The monoisotopic (exact) mass is 385 g/mol. The summed E-state index contributed by atoms with van der Waals surface area (Å²) in [7, 11) is 0. The van der Waals surface area contributed by atoms with Gasteiger partial charge in [0.25, 0.3) is 0 Å². The van der Waals surface area contributed by atoms with Gasteiger partial charge in [-0.05, 0) is 68.2 Å². The molecule has 0 saturated heterocycles. The average molecular weight is 385 g/mol. The van der Waals surface area contributed by atoms with Gasteiger partial charge in [0.2, 0.25) is 5.78 Å². The minimum atomic E-state index is -4.56. The van der Waals surface area contributed by atoms with Crippen LogP contribution in [0.1, 0.15) is 47.3 Å². The van der Waals surface area contributed by atoms with Crippen LogP contribution < -0.4 is 4.74 Å². The topological polar surface area (TPSA) is 50.1 Å². The van der Waals surface area contributed by atoms with Crippen molar-refractivity contribution in [3.8, 4) is 11.8 Å². The zero-order valence-electron chi connectivity index (χ0n) is 15.4. The first-order valence-electron chi connectivity index (χ1n) is 8.75. The van der Waals surface area contributed by atoms with Crippen LogP contribution in [0.4, 0.5) is 13.2 Å². The van der Waals surface area contributed by atoms with Gasteiger partial charge in [-0.25, -0.2) is 0 Å². The highest BCUT2D eigenvalue weighted by molar-refractivity contribution is 6.14. The Kier molecular flexibility index (Phi) is 5.03. The summed E-state index contributed by atoms with van der Waals surface area (Å²) in [5, 5.41) is 9.37. The first kappa shape index (κ1) is 19.7. The summed E-state index contributed by atoms with van der Waals surface area (Å²) >= 11 is 0. The summed E-state index contributed by atoms with van der Waals surface area (Å²) in [4.78, 5) is 12.6. The lowest BCUT2D eigenvalue weighted by Crippen LogP contribution is -2.32. The molecule has 3 rings (SSSR count). The fourth-order valence-corrected chi connectivity index (χ4v) is 3.08. The van der Waals surface area contributed by atoms with Crippen LogP contribution >= 0.6 is 0 Å². The molecule has 0 spiro atoms. The van der Waals surface area contributed by atoms with E-state index in [1.54, 1.807) is 18.2 Å². The lowest BCUT2D eigenvalue weighted by atomic mass is 9.92. The maximum atomic E-state index is 12.9. The molecule has 1 heterocycles. The minimum absolute atomic E-state index is 0.175. The number of hydrogen-bond donors (Lipinski definition) is 0. The Morgan fingerprint density at radius 3 is 2.64 bits per heavy atom. The number of fused-ring (bicyclic) bond motifs is 1. The van der Waals surface area contributed by atoms with Crippen LogP contribution in [0.25, 0.3) is 6.08 Å². The Balaban J connectivity index is 1.91. The Hall–Kier alpha value is -3.07. The molecule has 0 N–H and O–H groups in total. The van der Waals surface area contributed by atoms with Crippen LogP contribution in [0, 0.1) is 11.3 Å². The highest BCUT2D eigenvalue weighted by atomic mass is 19.4. The SMILES string of the molecule is CC1(C)CCc2cc(/C=C(/C#N)C(=O)c3cccc(C(F)(F)F)c3)ccc2O1. The van der Waals surface area contributed by atoms with E-state index in [1.807, 2.05) is 19.9 Å². The van der Waals surface area contributed by atoms with Gasteiger partial charge >= 0.3 is 6.18 Å². The molecule has 2 aromatic carbocycles. The van der Waals surface area contributed by atoms with Gasteiger partial charge in [-0.15, -0.1) is 0 Å². The van der Waals surface area contributed by atoms with E-state index in [-0.39, 0.29) is 16.7 Å². The van der Waals surface area contributed by atoms with Gasteiger partial charge in [-0.1, -0.05) is 18.2 Å². The number of ketones is 1. The normalized spacial score (nSPS) is 15.9. The molecule has 0 bridgehead atoms. The van der Waals surface area contributed by atoms with Crippen molar-refractivity contribution in [1.82, 2.24) is 0 Å². The van der Waals surface area contributed by atoms with E-state index in [0.717, 1.165) is 42.4 Å². The second-order valence-electron chi connectivity index (χ2n) is 7.31. The molecule has 0 unspecified atom stereocenters. The van der Waals surface area contributed by atoms with Gasteiger partial charge in [0, 0.05) is 5.56 Å². The predicted octanol–water partition coefficient (Wildman–Crippen LogP) is 5.60. The van der Waals surface area contributed by atoms with Crippen molar-refractivity contribution >= 4 is 11.9 Å². The number of nitrogens with zero attached hydrogens (tertiary/aromatic N) is 1. The second-order valence-corrected chi connectivity index (χ2v) is 7.31. The van der Waals surface area contributed by atoms with Crippen molar-refractivity contribution in [2.45, 2.75) is 38.5 Å². The van der Waals surface area contributed by atoms with Gasteiger partial charge in [-0.3, -0.25) is 4.79 Å². The van der Waals surface area contributed by atoms with Crippen LogP contribution in [0.15, 0.2) is 48.0 Å². The summed E-state index contributed by atoms with van der Waals surface area (Å²) in [5.74, 6) is 0.0137. The van der Waals surface area contributed by atoms with E-state index in [9.17, 15) is 23.2 Å². The van der Waals surface area contributed by atoms with Gasteiger partial charge in [0.15, 0.2) is 0 Å². The number of hydrogen-bond acceptors (Lipinski definition) is 3. The Labute approximate surface area is 161 Å². The third-order valence-electron chi connectivity index (χ3n) is 4.60. The summed E-state index contributed by atoms with van der Waals surface area (Å²) in [5.41, 5.74) is 0.0174. The van der Waals surface area contributed by atoms with E-state index in [4.69, 9.17) is 4.74 Å². The van der Waals surface area contributed by atoms with Gasteiger partial charge in [0.1, 0.15) is 23.0 Å². The molecule has 0 aliphatic carbocycles. The van der Waals surface area contributed by atoms with Crippen molar-refractivity contribution < 1.29 is 22.7 Å². The Bertz CT molecular complexity index is 998. The van der Waals surface area contributed by atoms with E-state index in [1.165, 1.54) is 12.1 Å². The number of halogens is 3. The fraction of sp³-hybridized carbons (Fsp3) is 0.273. The van der Waals surface area contributed by atoms with E-state index in [2.05, 4.69) is 0 Å². The highest BCUT2D eigenvalue weighted by Crippen LogP contribution is 2.34. The molecule has 1 aliphatic rings. The Morgan fingerprint density at radius 2 is 1.96 bits per heavy atom. The van der Waals surface area contributed by atoms with Crippen LogP contribution in [-0.4, -0.2) is 11.4 Å². The van der Waals surface area contributed by atoms with Gasteiger partial charge in [-0.2, -0.15) is 18.4 Å². The van der Waals surface area contributed by atoms with Crippen molar-refractivity contribution in [2.24, 2.45) is 0 Å². The maximum absolute atomic E-state index is 12.9. The lowest BCUT2D eigenvalue weighted by Gasteiger charge is -2.32. The number of ether oxygens (including phenoxy) is 1. The zero-order valence-corrected chi connectivity index (χ0v) is 15.4. The number of carbonyl (C=O) groups is 1. The molecule has 0 amide bonds. The Morgan fingerprint density at radius 1 is 1.21 bits per heavy atom. The molecule has 0 atom stereocenters. The number of rotatable bonds is 3. The molecule has 2 aromatic rings. The van der Waals surface area contributed by atoms with E-state index in [0.29, 0.717) is 5.56 Å². The molecule has 6 heteroatoms. The first-order chi connectivity index (χ1) is 13.1. The average Bonchev–Trinajstić information content (AvgIpc) is 2.64. The summed E-state index contributed by atoms with van der Waals surface area (Å²) < 4.78 is 44.5. The molecule has 144 valence electrons. The third-order valence-corrected chi connectivity index (χ3v) is 4.60. The molecule has 3 nitrogen and oxygen atoms in total. The van der Waals surface area contributed by atoms with E-state index < -0.39 is 17.5 Å². The maximum Gasteiger partial charge on any atom is 0.416 e.